The van der Waals surface area contributed by atoms with Crippen LogP contribution < -0.4 is 0 Å². The van der Waals surface area contributed by atoms with E-state index >= 15 is 0 Å². The Hall–Kier alpha value is -0.300. The minimum atomic E-state index is 0.173. The monoisotopic (exact) mass is 277 g/mol. The van der Waals surface area contributed by atoms with Gasteiger partial charge in [0.05, 0.1) is 33.0 Å². The van der Waals surface area contributed by atoms with Gasteiger partial charge in [0.1, 0.15) is 0 Å². The van der Waals surface area contributed by atoms with Crippen molar-refractivity contribution in [2.75, 3.05) is 52.7 Å². The molecule has 1 heterocycles. The molecule has 1 aliphatic heterocycles. The molecule has 1 saturated heterocycles. The minimum Gasteiger partial charge on any atom is -0.379 e. The van der Waals surface area contributed by atoms with Gasteiger partial charge in [-0.25, -0.2) is 0 Å². The average molecular weight is 277 g/mol. The van der Waals surface area contributed by atoms with Crippen LogP contribution in [0.25, 0.3) is 0 Å². The lowest BCUT2D eigenvalue weighted by molar-refractivity contribution is -0.128. The third kappa shape index (κ3) is 6.58. The highest BCUT2D eigenvalue weighted by molar-refractivity contribution is 7.81. The van der Waals surface area contributed by atoms with Crippen LogP contribution in [0.5, 0.6) is 0 Å². The molecule has 0 radical (unpaired) electrons. The number of nitrogens with zero attached hydrogens (tertiary/aromatic N) is 1. The maximum Gasteiger partial charge on any atom is 0.223 e. The first-order valence-electron chi connectivity index (χ1n) is 6.43. The van der Waals surface area contributed by atoms with Gasteiger partial charge in [-0.15, -0.1) is 0 Å². The molecular formula is C12H23NO4S. The number of likely N-dealkylation sites (tertiary alicyclic amines) is 1. The molecular weight excluding hydrogens is 254 g/mol. The topological polar surface area (TPSA) is 48.0 Å². The molecule has 1 atom stereocenters. The fourth-order valence-electron chi connectivity index (χ4n) is 1.73. The summed E-state index contributed by atoms with van der Waals surface area (Å²) in [5.74, 6) is 0.173. The van der Waals surface area contributed by atoms with Crippen molar-refractivity contribution in [1.82, 2.24) is 4.90 Å². The zero-order valence-corrected chi connectivity index (χ0v) is 11.9. The molecule has 0 bridgehead atoms. The van der Waals surface area contributed by atoms with E-state index in [0.717, 1.165) is 13.2 Å². The lowest BCUT2D eigenvalue weighted by Gasteiger charge is -2.15. The van der Waals surface area contributed by atoms with Gasteiger partial charge in [-0.1, -0.05) is 0 Å². The van der Waals surface area contributed by atoms with E-state index in [4.69, 9.17) is 14.2 Å². The van der Waals surface area contributed by atoms with Crippen LogP contribution >= 0.6 is 12.6 Å². The Bertz CT molecular complexity index is 240. The fraction of sp³-hybridized carbons (Fsp3) is 0.917. The molecule has 1 aliphatic rings. The van der Waals surface area contributed by atoms with Crippen LogP contribution in [-0.4, -0.2) is 68.8 Å². The molecule has 0 saturated carbocycles. The Kier molecular flexibility index (Phi) is 8.41. The lowest BCUT2D eigenvalue weighted by atomic mass is 10.4. The average Bonchev–Trinajstić information content (AvgIpc) is 2.66. The highest BCUT2D eigenvalue weighted by Gasteiger charge is 2.26. The third-order valence-corrected chi connectivity index (χ3v) is 2.99. The van der Waals surface area contributed by atoms with Gasteiger partial charge in [0.15, 0.2) is 0 Å². The van der Waals surface area contributed by atoms with E-state index in [1.54, 1.807) is 4.90 Å². The summed E-state index contributed by atoms with van der Waals surface area (Å²) < 4.78 is 15.8. The molecule has 5 nitrogen and oxygen atoms in total. The summed E-state index contributed by atoms with van der Waals surface area (Å²) >= 11 is 4.29. The highest BCUT2D eigenvalue weighted by Crippen LogP contribution is 2.14. The van der Waals surface area contributed by atoms with Crippen molar-refractivity contribution in [2.24, 2.45) is 0 Å². The molecule has 0 aliphatic carbocycles. The zero-order chi connectivity index (χ0) is 13.2. The summed E-state index contributed by atoms with van der Waals surface area (Å²) in [6.07, 6.45) is 0.545. The van der Waals surface area contributed by atoms with Crippen molar-refractivity contribution in [3.05, 3.63) is 0 Å². The van der Waals surface area contributed by atoms with Gasteiger partial charge in [-0.05, 0) is 6.92 Å². The number of amides is 1. The molecule has 0 spiro atoms. The second kappa shape index (κ2) is 9.61. The second-order valence-electron chi connectivity index (χ2n) is 4.12. The molecule has 1 fully saturated rings. The molecule has 0 aromatic heterocycles. The fourth-order valence-corrected chi connectivity index (χ4v) is 2.08. The van der Waals surface area contributed by atoms with Crippen LogP contribution in [0.2, 0.25) is 0 Å². The van der Waals surface area contributed by atoms with Gasteiger partial charge in [0.25, 0.3) is 0 Å². The summed E-state index contributed by atoms with van der Waals surface area (Å²) in [4.78, 5) is 13.2. The van der Waals surface area contributed by atoms with Gasteiger partial charge in [-0.3, -0.25) is 4.79 Å². The summed E-state index contributed by atoms with van der Waals surface area (Å²) in [5.41, 5.74) is 0. The van der Waals surface area contributed by atoms with Crippen molar-refractivity contribution in [2.45, 2.75) is 18.6 Å². The second-order valence-corrected chi connectivity index (χ2v) is 4.85. The predicted molar refractivity (Wildman–Crippen MR) is 72.1 cm³/mol. The lowest BCUT2D eigenvalue weighted by Crippen LogP contribution is -2.29. The SMILES string of the molecule is CCOCCOCCOCCN1CC(S)CC1=O. The molecule has 1 amide bonds. The van der Waals surface area contributed by atoms with Crippen molar-refractivity contribution in [3.8, 4) is 0 Å². The van der Waals surface area contributed by atoms with Gasteiger partial charge < -0.3 is 19.1 Å². The van der Waals surface area contributed by atoms with Gasteiger partial charge in [0.2, 0.25) is 5.91 Å². The van der Waals surface area contributed by atoms with Crippen LogP contribution in [0.1, 0.15) is 13.3 Å². The largest absolute Gasteiger partial charge is 0.379 e. The van der Waals surface area contributed by atoms with Crippen LogP contribution in [-0.2, 0) is 19.0 Å². The first-order chi connectivity index (χ1) is 8.74. The molecule has 0 aromatic carbocycles. The van der Waals surface area contributed by atoms with Gasteiger partial charge in [0, 0.05) is 31.4 Å². The van der Waals surface area contributed by atoms with E-state index in [1.807, 2.05) is 6.92 Å². The maximum atomic E-state index is 11.4. The number of ether oxygens (including phenoxy) is 3. The first-order valence-corrected chi connectivity index (χ1v) is 6.94. The summed E-state index contributed by atoms with van der Waals surface area (Å²) in [6.45, 7) is 6.96. The summed E-state index contributed by atoms with van der Waals surface area (Å²) in [7, 11) is 0. The molecule has 1 rings (SSSR count). The summed E-state index contributed by atoms with van der Waals surface area (Å²) in [6, 6.07) is 0. The van der Waals surface area contributed by atoms with E-state index in [0.29, 0.717) is 46.0 Å². The smallest absolute Gasteiger partial charge is 0.223 e. The van der Waals surface area contributed by atoms with Crippen LogP contribution in [0.4, 0.5) is 0 Å². The van der Waals surface area contributed by atoms with Gasteiger partial charge >= 0.3 is 0 Å². The normalized spacial score (nSPS) is 19.8. The third-order valence-electron chi connectivity index (χ3n) is 2.65. The Morgan fingerprint density at radius 2 is 1.78 bits per heavy atom. The number of hydrogen-bond acceptors (Lipinski definition) is 5. The quantitative estimate of drug-likeness (QED) is 0.469. The van der Waals surface area contributed by atoms with E-state index in [1.165, 1.54) is 0 Å². The van der Waals surface area contributed by atoms with E-state index in [-0.39, 0.29) is 11.2 Å². The zero-order valence-electron chi connectivity index (χ0n) is 11.0. The van der Waals surface area contributed by atoms with Crippen molar-refractivity contribution < 1.29 is 19.0 Å². The Balaban J connectivity index is 1.85. The Morgan fingerprint density at radius 3 is 2.33 bits per heavy atom. The van der Waals surface area contributed by atoms with Crippen LogP contribution in [0, 0.1) is 0 Å². The van der Waals surface area contributed by atoms with Crippen molar-refractivity contribution in [1.29, 1.82) is 0 Å². The number of thiol groups is 1. The molecule has 0 aromatic rings. The molecule has 106 valence electrons. The highest BCUT2D eigenvalue weighted by atomic mass is 32.1. The number of hydrogen-bond donors (Lipinski definition) is 1. The van der Waals surface area contributed by atoms with Crippen LogP contribution in [0.15, 0.2) is 0 Å². The minimum absolute atomic E-state index is 0.173. The standard InChI is InChI=1S/C12H23NO4S/c1-2-15-5-6-17-8-7-16-4-3-13-10-11(18)9-12(13)14/h11,18H,2-10H2,1H3. The van der Waals surface area contributed by atoms with E-state index in [9.17, 15) is 4.79 Å². The molecule has 18 heavy (non-hydrogen) atoms. The maximum absolute atomic E-state index is 11.4. The van der Waals surface area contributed by atoms with E-state index in [2.05, 4.69) is 12.6 Å². The van der Waals surface area contributed by atoms with Gasteiger partial charge in [-0.2, -0.15) is 12.6 Å². The number of carbonyl (C=O) groups is 1. The number of carbonyl (C=O) groups excluding carboxylic acids is 1. The molecule has 6 heteroatoms. The molecule has 1 unspecified atom stereocenters. The molecule has 0 N–H and O–H groups in total. The Labute approximate surface area is 114 Å². The number of rotatable bonds is 10. The van der Waals surface area contributed by atoms with Crippen LogP contribution in [0.3, 0.4) is 0 Å². The summed E-state index contributed by atoms with van der Waals surface area (Å²) in [5, 5.41) is 0.180. The Morgan fingerprint density at radius 1 is 1.17 bits per heavy atom. The van der Waals surface area contributed by atoms with Crippen molar-refractivity contribution in [3.63, 3.8) is 0 Å². The predicted octanol–water partition coefficient (Wildman–Crippen LogP) is 0.587. The van der Waals surface area contributed by atoms with E-state index < -0.39 is 0 Å². The first kappa shape index (κ1) is 15.8. The van der Waals surface area contributed by atoms with Crippen molar-refractivity contribution >= 4 is 18.5 Å².